The monoisotopic (exact) mass is 466 g/mol. The van der Waals surface area contributed by atoms with Crippen LogP contribution in [0.5, 0.6) is 5.75 Å². The van der Waals surface area contributed by atoms with Crippen molar-refractivity contribution in [2.45, 2.75) is 6.54 Å². The molecule has 0 unspecified atom stereocenters. The maximum absolute atomic E-state index is 12.1. The Morgan fingerprint density at radius 1 is 1.12 bits per heavy atom. The third-order valence-electron chi connectivity index (χ3n) is 5.49. The van der Waals surface area contributed by atoms with Crippen LogP contribution in [0.25, 0.3) is 11.3 Å². The molecule has 1 aliphatic heterocycles. The Bertz CT molecular complexity index is 1080. The van der Waals surface area contributed by atoms with Crippen molar-refractivity contribution in [3.63, 3.8) is 0 Å². The Morgan fingerprint density at radius 3 is 2.65 bits per heavy atom. The van der Waals surface area contributed by atoms with E-state index < -0.39 is 0 Å². The lowest BCUT2D eigenvalue weighted by Gasteiger charge is -2.26. The highest BCUT2D eigenvalue weighted by atomic mass is 16.5. The zero-order valence-electron chi connectivity index (χ0n) is 19.5. The Balaban J connectivity index is 1.42. The Morgan fingerprint density at radius 2 is 1.91 bits per heavy atom. The number of methoxy groups -OCH3 is 2. The van der Waals surface area contributed by atoms with Gasteiger partial charge in [0, 0.05) is 56.2 Å². The molecule has 2 aromatic carbocycles. The van der Waals surface area contributed by atoms with E-state index in [2.05, 4.69) is 26.6 Å². The average Bonchev–Trinajstić information content (AvgIpc) is 3.33. The van der Waals surface area contributed by atoms with Gasteiger partial charge in [-0.1, -0.05) is 12.1 Å². The number of rotatable bonds is 10. The smallest absolute Gasteiger partial charge is 0.299 e. The molecule has 9 nitrogen and oxygen atoms in total. The molecular formula is C25H30N4O5. The lowest BCUT2D eigenvalue weighted by molar-refractivity contribution is 0.0342. The Labute approximate surface area is 199 Å². The van der Waals surface area contributed by atoms with Crippen LogP contribution >= 0.6 is 0 Å². The van der Waals surface area contributed by atoms with Crippen LogP contribution in [0.4, 0.5) is 11.7 Å². The van der Waals surface area contributed by atoms with Crippen molar-refractivity contribution in [2.75, 3.05) is 59.0 Å². The number of hydrogen-bond donors (Lipinski definition) is 2. The fraction of sp³-hybridized carbons (Fsp3) is 0.360. The van der Waals surface area contributed by atoms with Crippen LogP contribution in [-0.2, 0) is 16.0 Å². The van der Waals surface area contributed by atoms with Gasteiger partial charge in [0.25, 0.3) is 11.9 Å². The van der Waals surface area contributed by atoms with Crippen LogP contribution in [0.15, 0.2) is 53.1 Å². The number of nitrogens with zero attached hydrogens (tertiary/aromatic N) is 2. The second kappa shape index (κ2) is 11.6. The van der Waals surface area contributed by atoms with E-state index in [1.807, 2.05) is 24.3 Å². The van der Waals surface area contributed by atoms with E-state index in [1.165, 1.54) is 0 Å². The van der Waals surface area contributed by atoms with Gasteiger partial charge in [0.05, 0.1) is 33.1 Å². The summed E-state index contributed by atoms with van der Waals surface area (Å²) in [6.45, 7) is 5.10. The topological polar surface area (TPSA) is 98.1 Å². The van der Waals surface area contributed by atoms with Crippen molar-refractivity contribution in [1.29, 1.82) is 0 Å². The maximum Gasteiger partial charge on any atom is 0.299 e. The van der Waals surface area contributed by atoms with Crippen LogP contribution in [0.3, 0.4) is 0 Å². The molecule has 3 aromatic rings. The molecular weight excluding hydrogens is 436 g/mol. The van der Waals surface area contributed by atoms with Gasteiger partial charge in [-0.05, 0) is 29.8 Å². The first-order valence-corrected chi connectivity index (χ1v) is 11.2. The molecule has 0 radical (unpaired) electrons. The quantitative estimate of drug-likeness (QED) is 0.439. The van der Waals surface area contributed by atoms with E-state index in [4.69, 9.17) is 18.6 Å². The molecule has 1 aromatic heterocycles. The largest absolute Gasteiger partial charge is 0.497 e. The lowest BCUT2D eigenvalue weighted by Crippen LogP contribution is -2.35. The summed E-state index contributed by atoms with van der Waals surface area (Å²) in [5, 5.41) is 6.03. The van der Waals surface area contributed by atoms with Gasteiger partial charge in [-0.25, -0.2) is 4.98 Å². The zero-order chi connectivity index (χ0) is 23.8. The van der Waals surface area contributed by atoms with Crippen molar-refractivity contribution in [3.05, 3.63) is 59.8 Å². The molecule has 0 bridgehead atoms. The fourth-order valence-corrected chi connectivity index (χ4v) is 3.70. The molecule has 1 aliphatic rings. The molecule has 0 atom stereocenters. The molecule has 2 N–H and O–H groups in total. The van der Waals surface area contributed by atoms with Gasteiger partial charge in [0.15, 0.2) is 5.76 Å². The number of carbonyl (C=O) groups is 1. The van der Waals surface area contributed by atoms with E-state index in [9.17, 15) is 4.79 Å². The third kappa shape index (κ3) is 6.34. The van der Waals surface area contributed by atoms with Gasteiger partial charge in [0.1, 0.15) is 5.75 Å². The minimum Gasteiger partial charge on any atom is -0.497 e. The average molecular weight is 467 g/mol. The van der Waals surface area contributed by atoms with Gasteiger partial charge in [-0.15, -0.1) is 0 Å². The highest BCUT2D eigenvalue weighted by molar-refractivity contribution is 5.94. The molecule has 4 rings (SSSR count). The summed E-state index contributed by atoms with van der Waals surface area (Å²) in [4.78, 5) is 18.9. The number of oxazole rings is 1. The van der Waals surface area contributed by atoms with Crippen molar-refractivity contribution < 1.29 is 23.4 Å². The number of amides is 1. The highest BCUT2D eigenvalue weighted by Gasteiger charge is 2.13. The van der Waals surface area contributed by atoms with Gasteiger partial charge < -0.3 is 29.3 Å². The van der Waals surface area contributed by atoms with Crippen LogP contribution in [0.1, 0.15) is 15.9 Å². The minimum absolute atomic E-state index is 0.144. The summed E-state index contributed by atoms with van der Waals surface area (Å²) < 4.78 is 21.8. The SMILES string of the molecule is COCCNC(=O)c1ccc(-c2cnc(Nc3cc(CN4CCOCC4)cc(OC)c3)o2)cc1. The molecule has 0 saturated carbocycles. The van der Waals surface area contributed by atoms with E-state index in [0.29, 0.717) is 30.5 Å². The predicted molar refractivity (Wildman–Crippen MR) is 129 cm³/mol. The first-order chi connectivity index (χ1) is 16.6. The van der Waals surface area contributed by atoms with E-state index >= 15 is 0 Å². The number of ether oxygens (including phenoxy) is 3. The van der Waals surface area contributed by atoms with E-state index in [0.717, 1.165) is 55.4 Å². The Hall–Kier alpha value is -3.40. The minimum atomic E-state index is -0.144. The summed E-state index contributed by atoms with van der Waals surface area (Å²) in [6, 6.07) is 13.6. The summed E-state index contributed by atoms with van der Waals surface area (Å²) in [6.07, 6.45) is 1.66. The normalized spacial score (nSPS) is 14.1. The van der Waals surface area contributed by atoms with Gasteiger partial charge in [-0.3, -0.25) is 9.69 Å². The third-order valence-corrected chi connectivity index (χ3v) is 5.49. The second-order valence-corrected chi connectivity index (χ2v) is 7.94. The number of nitrogens with one attached hydrogen (secondary N) is 2. The lowest BCUT2D eigenvalue weighted by atomic mass is 10.1. The predicted octanol–water partition coefficient (Wildman–Crippen LogP) is 3.30. The molecule has 0 aliphatic carbocycles. The van der Waals surface area contributed by atoms with E-state index in [-0.39, 0.29) is 5.91 Å². The number of aromatic nitrogens is 1. The van der Waals surface area contributed by atoms with Crippen LogP contribution in [0, 0.1) is 0 Å². The van der Waals surface area contributed by atoms with Crippen LogP contribution in [-0.4, -0.2) is 69.5 Å². The van der Waals surface area contributed by atoms with Gasteiger partial charge >= 0.3 is 0 Å². The Kier molecular flexibility index (Phi) is 8.13. The molecule has 180 valence electrons. The fourth-order valence-electron chi connectivity index (χ4n) is 3.70. The standard InChI is InChI=1S/C25H30N4O5/c1-31-10-7-26-24(30)20-5-3-19(4-6-20)23-16-27-25(34-23)28-21-13-18(14-22(15-21)32-2)17-29-8-11-33-12-9-29/h3-6,13-16H,7-12,17H2,1-2H3,(H,26,30)(H,27,28). The van der Waals surface area contributed by atoms with Crippen molar-refractivity contribution >= 4 is 17.6 Å². The summed E-state index contributed by atoms with van der Waals surface area (Å²) in [7, 11) is 3.25. The van der Waals surface area contributed by atoms with Crippen LogP contribution in [0.2, 0.25) is 0 Å². The summed E-state index contributed by atoms with van der Waals surface area (Å²) in [5.74, 6) is 1.22. The van der Waals surface area contributed by atoms with Gasteiger partial charge in [0.2, 0.25) is 0 Å². The van der Waals surface area contributed by atoms with Crippen molar-refractivity contribution in [2.24, 2.45) is 0 Å². The highest BCUT2D eigenvalue weighted by Crippen LogP contribution is 2.28. The zero-order valence-corrected chi connectivity index (χ0v) is 19.5. The first-order valence-electron chi connectivity index (χ1n) is 11.2. The molecule has 1 amide bonds. The molecule has 1 fully saturated rings. The summed E-state index contributed by atoms with van der Waals surface area (Å²) in [5.41, 5.74) is 3.36. The molecule has 1 saturated heterocycles. The van der Waals surface area contributed by atoms with Gasteiger partial charge in [-0.2, -0.15) is 0 Å². The first kappa shape index (κ1) is 23.7. The number of carbonyl (C=O) groups excluding carboxylic acids is 1. The number of benzene rings is 2. The van der Waals surface area contributed by atoms with E-state index in [1.54, 1.807) is 32.5 Å². The van der Waals surface area contributed by atoms with Crippen LogP contribution < -0.4 is 15.4 Å². The molecule has 34 heavy (non-hydrogen) atoms. The number of anilines is 2. The summed E-state index contributed by atoms with van der Waals surface area (Å²) >= 11 is 0. The molecule has 0 spiro atoms. The maximum atomic E-state index is 12.1. The molecule has 2 heterocycles. The number of morpholine rings is 1. The van der Waals surface area contributed by atoms with Crippen molar-refractivity contribution in [1.82, 2.24) is 15.2 Å². The second-order valence-electron chi connectivity index (χ2n) is 7.94. The molecule has 9 heteroatoms. The van der Waals surface area contributed by atoms with Crippen molar-refractivity contribution in [3.8, 4) is 17.1 Å². The number of hydrogen-bond acceptors (Lipinski definition) is 8.